The van der Waals surface area contributed by atoms with Crippen molar-refractivity contribution in [2.24, 2.45) is 0 Å². The molecule has 0 spiro atoms. The Balaban J connectivity index is 2.03. The molecule has 9 nitrogen and oxygen atoms in total. The zero-order chi connectivity index (χ0) is 16.3. The predicted molar refractivity (Wildman–Crippen MR) is 76.3 cm³/mol. The van der Waals surface area contributed by atoms with E-state index in [0.717, 1.165) is 6.07 Å². The van der Waals surface area contributed by atoms with E-state index in [1.807, 2.05) is 13.8 Å². The highest BCUT2D eigenvalue weighted by molar-refractivity contribution is 5.78. The summed E-state index contributed by atoms with van der Waals surface area (Å²) < 4.78 is 5.08. The average Bonchev–Trinajstić information content (AvgIpc) is 2.93. The Morgan fingerprint density at radius 1 is 1.32 bits per heavy atom. The highest BCUT2D eigenvalue weighted by atomic mass is 16.5. The smallest absolute Gasteiger partial charge is 0.266 e. The Labute approximate surface area is 125 Å². The second kappa shape index (κ2) is 6.37. The molecule has 3 N–H and O–H groups in total. The van der Waals surface area contributed by atoms with E-state index in [0.29, 0.717) is 5.82 Å². The highest BCUT2D eigenvalue weighted by Gasteiger charge is 2.18. The van der Waals surface area contributed by atoms with Crippen LogP contribution in [0, 0.1) is 0 Å². The number of carbonyl (C=O) groups excluding carboxylic acids is 1. The molecule has 2 heterocycles. The summed E-state index contributed by atoms with van der Waals surface area (Å²) in [5.41, 5.74) is -0.905. The van der Waals surface area contributed by atoms with Crippen molar-refractivity contribution in [2.45, 2.75) is 39.2 Å². The molecule has 0 bridgehead atoms. The lowest BCUT2D eigenvalue weighted by Gasteiger charge is -2.09. The zero-order valence-electron chi connectivity index (χ0n) is 12.5. The van der Waals surface area contributed by atoms with E-state index in [4.69, 9.17) is 4.52 Å². The Hall–Kier alpha value is -2.71. The number of aromatic nitrogens is 4. The molecule has 2 rings (SSSR count). The van der Waals surface area contributed by atoms with Crippen LogP contribution in [0.15, 0.2) is 20.2 Å². The summed E-state index contributed by atoms with van der Waals surface area (Å²) in [7, 11) is 0. The lowest BCUT2D eigenvalue weighted by atomic mass is 10.2. The molecule has 0 saturated carbocycles. The van der Waals surface area contributed by atoms with E-state index in [9.17, 15) is 14.4 Å². The minimum atomic E-state index is -0.512. The van der Waals surface area contributed by atoms with Crippen molar-refractivity contribution < 1.29 is 9.32 Å². The van der Waals surface area contributed by atoms with E-state index < -0.39 is 23.1 Å². The molecule has 2 aromatic heterocycles. The van der Waals surface area contributed by atoms with Crippen molar-refractivity contribution in [2.75, 3.05) is 0 Å². The molecule has 0 aliphatic rings. The number of nitrogens with zero attached hydrogens (tertiary/aromatic N) is 2. The van der Waals surface area contributed by atoms with Crippen LogP contribution in [0.4, 0.5) is 0 Å². The second-order valence-electron chi connectivity index (χ2n) is 5.22. The highest BCUT2D eigenvalue weighted by Crippen LogP contribution is 2.14. The van der Waals surface area contributed by atoms with Gasteiger partial charge in [0, 0.05) is 17.5 Å². The summed E-state index contributed by atoms with van der Waals surface area (Å²) in [6.45, 7) is 5.55. The van der Waals surface area contributed by atoms with Crippen LogP contribution in [0.2, 0.25) is 0 Å². The Bertz CT molecular complexity index is 773. The number of nitrogens with one attached hydrogen (secondary N) is 3. The number of aromatic amines is 2. The minimum absolute atomic E-state index is 0.0850. The Morgan fingerprint density at radius 3 is 2.68 bits per heavy atom. The molecule has 9 heteroatoms. The fraction of sp³-hybridized carbons (Fsp3) is 0.462. The Kier molecular flexibility index (Phi) is 4.54. The summed E-state index contributed by atoms with van der Waals surface area (Å²) in [6, 6.07) is 0.598. The first-order valence-corrected chi connectivity index (χ1v) is 6.80. The molecule has 1 amide bonds. The number of H-pyrrole nitrogens is 2. The molecule has 1 atom stereocenters. The molecule has 2 aromatic rings. The van der Waals surface area contributed by atoms with Crippen LogP contribution in [-0.2, 0) is 11.2 Å². The normalized spacial score (nSPS) is 12.4. The van der Waals surface area contributed by atoms with Crippen molar-refractivity contribution in [3.8, 4) is 0 Å². The van der Waals surface area contributed by atoms with Gasteiger partial charge in [0.15, 0.2) is 5.82 Å². The summed E-state index contributed by atoms with van der Waals surface area (Å²) in [6.07, 6.45) is -0.214. The minimum Gasteiger partial charge on any atom is -0.344 e. The molecular formula is C13H17N5O4. The third-order valence-corrected chi connectivity index (χ3v) is 2.97. The topological polar surface area (TPSA) is 134 Å². The van der Waals surface area contributed by atoms with E-state index in [-0.39, 0.29) is 23.8 Å². The lowest BCUT2D eigenvalue weighted by molar-refractivity contribution is -0.121. The van der Waals surface area contributed by atoms with Gasteiger partial charge in [-0.3, -0.25) is 24.6 Å². The van der Waals surface area contributed by atoms with Gasteiger partial charge < -0.3 is 9.84 Å². The number of hydrogen-bond acceptors (Lipinski definition) is 6. The summed E-state index contributed by atoms with van der Waals surface area (Å²) in [5.74, 6) is 0.543. The van der Waals surface area contributed by atoms with Gasteiger partial charge in [0.2, 0.25) is 11.8 Å². The predicted octanol–water partition coefficient (Wildman–Crippen LogP) is -0.0105. The quantitative estimate of drug-likeness (QED) is 0.711. The van der Waals surface area contributed by atoms with E-state index in [1.165, 1.54) is 0 Å². The van der Waals surface area contributed by atoms with Gasteiger partial charge in [0.05, 0.1) is 6.42 Å². The van der Waals surface area contributed by atoms with E-state index >= 15 is 0 Å². The average molecular weight is 307 g/mol. The van der Waals surface area contributed by atoms with Crippen LogP contribution in [-0.4, -0.2) is 26.2 Å². The van der Waals surface area contributed by atoms with Crippen LogP contribution in [0.25, 0.3) is 0 Å². The molecule has 0 radical (unpaired) electrons. The van der Waals surface area contributed by atoms with Crippen LogP contribution < -0.4 is 16.4 Å². The van der Waals surface area contributed by atoms with Gasteiger partial charge in [-0.2, -0.15) is 4.98 Å². The molecule has 0 aliphatic heterocycles. The van der Waals surface area contributed by atoms with Crippen molar-refractivity contribution in [1.82, 2.24) is 25.7 Å². The summed E-state index contributed by atoms with van der Waals surface area (Å²) in [4.78, 5) is 38.8. The van der Waals surface area contributed by atoms with Crippen LogP contribution in [0.1, 0.15) is 50.0 Å². The maximum absolute atomic E-state index is 11.9. The first kappa shape index (κ1) is 15.7. The standard InChI is InChI=1S/C13H17N5O4/c1-6(2)11-15-13(22-18-11)7(3)14-9(19)4-8-5-10(20)16-17-12(8)21/h5-7H,4H2,1-3H3,(H,14,19)(H,16,20)(H,17,21)/t7-/m1/s1. The van der Waals surface area contributed by atoms with Gasteiger partial charge in [0.25, 0.3) is 11.1 Å². The third kappa shape index (κ3) is 3.68. The molecule has 0 fully saturated rings. The first-order chi connectivity index (χ1) is 10.4. The van der Waals surface area contributed by atoms with Gasteiger partial charge in [0.1, 0.15) is 6.04 Å². The molecule has 0 saturated heterocycles. The zero-order valence-corrected chi connectivity index (χ0v) is 12.5. The van der Waals surface area contributed by atoms with Crippen molar-refractivity contribution in [3.63, 3.8) is 0 Å². The van der Waals surface area contributed by atoms with Crippen molar-refractivity contribution in [1.29, 1.82) is 0 Å². The molecule has 22 heavy (non-hydrogen) atoms. The lowest BCUT2D eigenvalue weighted by Crippen LogP contribution is -2.31. The van der Waals surface area contributed by atoms with Gasteiger partial charge >= 0.3 is 0 Å². The summed E-state index contributed by atoms with van der Waals surface area (Å²) in [5, 5.41) is 10.8. The SMILES string of the molecule is CC(C)c1noc([C@@H](C)NC(=O)Cc2cc(=O)[nH][nH]c2=O)n1. The van der Waals surface area contributed by atoms with E-state index in [2.05, 4.69) is 25.7 Å². The van der Waals surface area contributed by atoms with Crippen LogP contribution in [0.3, 0.4) is 0 Å². The fourth-order valence-electron chi connectivity index (χ4n) is 1.77. The van der Waals surface area contributed by atoms with Gasteiger partial charge in [-0.1, -0.05) is 19.0 Å². The molecule has 0 aromatic carbocycles. The van der Waals surface area contributed by atoms with Crippen molar-refractivity contribution >= 4 is 5.91 Å². The van der Waals surface area contributed by atoms with Gasteiger partial charge in [-0.15, -0.1) is 0 Å². The van der Waals surface area contributed by atoms with Crippen LogP contribution in [0.5, 0.6) is 0 Å². The molecule has 0 aliphatic carbocycles. The summed E-state index contributed by atoms with van der Waals surface area (Å²) >= 11 is 0. The van der Waals surface area contributed by atoms with Gasteiger partial charge in [-0.05, 0) is 6.92 Å². The molecule has 118 valence electrons. The first-order valence-electron chi connectivity index (χ1n) is 6.80. The molecule has 0 unspecified atom stereocenters. The fourth-order valence-corrected chi connectivity index (χ4v) is 1.77. The maximum Gasteiger partial charge on any atom is 0.266 e. The number of carbonyl (C=O) groups is 1. The monoisotopic (exact) mass is 307 g/mol. The number of hydrogen-bond donors (Lipinski definition) is 3. The van der Waals surface area contributed by atoms with E-state index in [1.54, 1.807) is 6.92 Å². The number of rotatable bonds is 5. The van der Waals surface area contributed by atoms with Crippen molar-refractivity contribution in [3.05, 3.63) is 44.1 Å². The Morgan fingerprint density at radius 2 is 2.05 bits per heavy atom. The number of amides is 1. The van der Waals surface area contributed by atoms with Gasteiger partial charge in [-0.25, -0.2) is 0 Å². The molecular weight excluding hydrogens is 290 g/mol. The maximum atomic E-state index is 11.9. The van der Waals surface area contributed by atoms with Crippen LogP contribution >= 0.6 is 0 Å². The largest absolute Gasteiger partial charge is 0.344 e. The third-order valence-electron chi connectivity index (χ3n) is 2.97. The second-order valence-corrected chi connectivity index (χ2v) is 5.22.